The van der Waals surface area contributed by atoms with E-state index in [1.807, 2.05) is 31.6 Å². The molecule has 5 heteroatoms. The predicted molar refractivity (Wildman–Crippen MR) is 56.1 cm³/mol. The summed E-state index contributed by atoms with van der Waals surface area (Å²) in [5.41, 5.74) is 7.76. The molecule has 0 saturated heterocycles. The molecule has 1 atom stereocenters. The van der Waals surface area contributed by atoms with E-state index in [2.05, 4.69) is 10.1 Å². The number of aromatic nitrogens is 3. The first-order valence-electron chi connectivity index (χ1n) is 4.34. The fourth-order valence-corrected chi connectivity index (χ4v) is 1.92. The zero-order valence-corrected chi connectivity index (χ0v) is 8.95. The molecule has 4 nitrogen and oxygen atoms in total. The van der Waals surface area contributed by atoms with Gasteiger partial charge in [0.05, 0.1) is 22.4 Å². The Bertz CT molecular complexity index is 391. The second-order valence-electron chi connectivity index (χ2n) is 3.18. The summed E-state index contributed by atoms with van der Waals surface area (Å²) in [5.74, 6) is 0. The Labute approximate surface area is 86.4 Å². The normalized spacial score (nSPS) is 13.1. The number of nitrogens with two attached hydrogens (primary N) is 1. The Morgan fingerprint density at radius 1 is 1.50 bits per heavy atom. The van der Waals surface area contributed by atoms with Crippen LogP contribution in [0.3, 0.4) is 0 Å². The van der Waals surface area contributed by atoms with Crippen molar-refractivity contribution in [1.29, 1.82) is 0 Å². The van der Waals surface area contributed by atoms with E-state index in [1.165, 1.54) is 0 Å². The van der Waals surface area contributed by atoms with Crippen molar-refractivity contribution in [2.75, 3.05) is 0 Å². The van der Waals surface area contributed by atoms with Crippen LogP contribution in [0.5, 0.6) is 0 Å². The molecule has 2 aromatic heterocycles. The topological polar surface area (TPSA) is 56.7 Å². The summed E-state index contributed by atoms with van der Waals surface area (Å²) in [6.45, 7) is 1.97. The van der Waals surface area contributed by atoms with Crippen molar-refractivity contribution in [1.82, 2.24) is 14.8 Å². The second-order valence-corrected chi connectivity index (χ2v) is 4.25. The highest BCUT2D eigenvalue weighted by atomic mass is 32.1. The zero-order valence-electron chi connectivity index (χ0n) is 8.14. The Morgan fingerprint density at radius 2 is 2.29 bits per heavy atom. The van der Waals surface area contributed by atoms with Crippen molar-refractivity contribution < 1.29 is 0 Å². The lowest BCUT2D eigenvalue weighted by Crippen LogP contribution is -2.13. The predicted octanol–water partition coefficient (Wildman–Crippen LogP) is 1.23. The van der Waals surface area contributed by atoms with Gasteiger partial charge >= 0.3 is 0 Å². The molecule has 2 rings (SSSR count). The smallest absolute Gasteiger partial charge is 0.0927 e. The molecule has 0 fully saturated rings. The first-order valence-corrected chi connectivity index (χ1v) is 5.22. The Kier molecular flexibility index (Phi) is 2.35. The quantitative estimate of drug-likeness (QED) is 0.807. The largest absolute Gasteiger partial charge is 0.318 e. The lowest BCUT2D eigenvalue weighted by molar-refractivity contribution is 0.708. The third-order valence-corrected chi connectivity index (χ3v) is 2.80. The van der Waals surface area contributed by atoms with Gasteiger partial charge in [-0.1, -0.05) is 0 Å². The van der Waals surface area contributed by atoms with Crippen LogP contribution in [0.15, 0.2) is 17.6 Å². The van der Waals surface area contributed by atoms with Crippen LogP contribution in [0.2, 0.25) is 0 Å². The first kappa shape index (κ1) is 9.36. The van der Waals surface area contributed by atoms with Crippen LogP contribution in [0.25, 0.3) is 0 Å². The lowest BCUT2D eigenvalue weighted by atomic mass is 10.2. The van der Waals surface area contributed by atoms with Crippen molar-refractivity contribution in [3.63, 3.8) is 0 Å². The maximum atomic E-state index is 6.01. The zero-order chi connectivity index (χ0) is 10.1. The Morgan fingerprint density at radius 3 is 2.79 bits per heavy atom. The molecule has 0 aromatic carbocycles. The second kappa shape index (κ2) is 3.51. The van der Waals surface area contributed by atoms with Gasteiger partial charge < -0.3 is 5.73 Å². The summed E-state index contributed by atoms with van der Waals surface area (Å²) in [6.07, 6.45) is 1.88. The molecule has 2 heterocycles. The molecule has 0 saturated carbocycles. The maximum Gasteiger partial charge on any atom is 0.0927 e. The third-order valence-electron chi connectivity index (χ3n) is 2.01. The van der Waals surface area contributed by atoms with Gasteiger partial charge in [-0.05, 0) is 13.0 Å². The van der Waals surface area contributed by atoms with E-state index in [1.54, 1.807) is 16.0 Å². The molecule has 1 unspecified atom stereocenters. The van der Waals surface area contributed by atoms with Gasteiger partial charge in [-0.3, -0.25) is 4.68 Å². The van der Waals surface area contributed by atoms with Gasteiger partial charge in [0.2, 0.25) is 0 Å². The molecule has 14 heavy (non-hydrogen) atoms. The summed E-state index contributed by atoms with van der Waals surface area (Å²) >= 11 is 1.61. The van der Waals surface area contributed by atoms with Crippen LogP contribution >= 0.6 is 11.3 Å². The minimum atomic E-state index is -0.207. The van der Waals surface area contributed by atoms with Crippen LogP contribution in [-0.2, 0) is 7.05 Å². The molecule has 0 bridgehead atoms. The standard InChI is InChI=1S/C9H12N4S/c1-6-11-8(5-14-6)9(10)7-3-4-13(2)12-7/h3-5,9H,10H2,1-2H3. The van der Waals surface area contributed by atoms with Gasteiger partial charge in [0, 0.05) is 18.6 Å². The minimum absolute atomic E-state index is 0.207. The molecular weight excluding hydrogens is 196 g/mol. The number of nitrogens with zero attached hydrogens (tertiary/aromatic N) is 3. The molecule has 2 aromatic rings. The Balaban J connectivity index is 2.28. The fourth-order valence-electron chi connectivity index (χ4n) is 1.27. The van der Waals surface area contributed by atoms with E-state index in [0.717, 1.165) is 16.4 Å². The molecule has 0 aliphatic heterocycles. The van der Waals surface area contributed by atoms with E-state index in [-0.39, 0.29) is 6.04 Å². The highest BCUT2D eigenvalue weighted by Crippen LogP contribution is 2.19. The molecule has 0 amide bonds. The van der Waals surface area contributed by atoms with Crippen molar-refractivity contribution in [2.45, 2.75) is 13.0 Å². The first-order chi connectivity index (χ1) is 6.66. The van der Waals surface area contributed by atoms with Crippen LogP contribution in [-0.4, -0.2) is 14.8 Å². The molecule has 0 aliphatic carbocycles. The number of thiazole rings is 1. The molecule has 2 N–H and O–H groups in total. The lowest BCUT2D eigenvalue weighted by Gasteiger charge is -2.03. The molecule has 74 valence electrons. The summed E-state index contributed by atoms with van der Waals surface area (Å²) in [7, 11) is 1.88. The van der Waals surface area contributed by atoms with Gasteiger partial charge in [-0.25, -0.2) is 4.98 Å². The number of rotatable bonds is 2. The van der Waals surface area contributed by atoms with Crippen molar-refractivity contribution in [3.8, 4) is 0 Å². The van der Waals surface area contributed by atoms with E-state index in [9.17, 15) is 0 Å². The minimum Gasteiger partial charge on any atom is -0.318 e. The third kappa shape index (κ3) is 1.69. The van der Waals surface area contributed by atoms with Crippen LogP contribution in [0.1, 0.15) is 22.4 Å². The van der Waals surface area contributed by atoms with Gasteiger partial charge in [0.1, 0.15) is 0 Å². The van der Waals surface area contributed by atoms with Crippen molar-refractivity contribution in [3.05, 3.63) is 34.0 Å². The molecule has 0 spiro atoms. The van der Waals surface area contributed by atoms with Crippen molar-refractivity contribution in [2.24, 2.45) is 12.8 Å². The van der Waals surface area contributed by atoms with E-state index >= 15 is 0 Å². The van der Waals surface area contributed by atoms with Crippen molar-refractivity contribution >= 4 is 11.3 Å². The van der Waals surface area contributed by atoms with Crippen LogP contribution in [0, 0.1) is 6.92 Å². The van der Waals surface area contributed by atoms with Gasteiger partial charge in [-0.2, -0.15) is 5.10 Å². The summed E-state index contributed by atoms with van der Waals surface area (Å²) < 4.78 is 1.74. The van der Waals surface area contributed by atoms with E-state index in [0.29, 0.717) is 0 Å². The molecule has 0 aliphatic rings. The van der Waals surface area contributed by atoms with Gasteiger partial charge in [0.25, 0.3) is 0 Å². The van der Waals surface area contributed by atoms with E-state index < -0.39 is 0 Å². The fraction of sp³-hybridized carbons (Fsp3) is 0.333. The average Bonchev–Trinajstić information content (AvgIpc) is 2.73. The highest BCUT2D eigenvalue weighted by molar-refractivity contribution is 7.09. The summed E-state index contributed by atoms with van der Waals surface area (Å²) in [5, 5.41) is 7.27. The van der Waals surface area contributed by atoms with E-state index in [4.69, 9.17) is 5.73 Å². The van der Waals surface area contributed by atoms with Gasteiger partial charge in [-0.15, -0.1) is 11.3 Å². The number of hydrogen-bond acceptors (Lipinski definition) is 4. The number of aryl methyl sites for hydroxylation is 2. The van der Waals surface area contributed by atoms with Gasteiger partial charge in [0.15, 0.2) is 0 Å². The summed E-state index contributed by atoms with van der Waals surface area (Å²) in [6, 6.07) is 1.71. The maximum absolute atomic E-state index is 6.01. The molecule has 0 radical (unpaired) electrons. The highest BCUT2D eigenvalue weighted by Gasteiger charge is 2.13. The number of hydrogen-bond donors (Lipinski definition) is 1. The molecular formula is C9H12N4S. The Hall–Kier alpha value is -1.20. The average molecular weight is 208 g/mol. The van der Waals surface area contributed by atoms with Crippen LogP contribution in [0.4, 0.5) is 0 Å². The monoisotopic (exact) mass is 208 g/mol. The van der Waals surface area contributed by atoms with Crippen LogP contribution < -0.4 is 5.73 Å². The summed E-state index contributed by atoms with van der Waals surface area (Å²) in [4.78, 5) is 4.34. The SMILES string of the molecule is Cc1nc(C(N)c2ccn(C)n2)cs1.